The third-order valence-electron chi connectivity index (χ3n) is 3.58. The molecular formula is C19H21ClN2O3S. The number of benzene rings is 2. The quantitative estimate of drug-likeness (QED) is 0.744. The summed E-state index contributed by atoms with van der Waals surface area (Å²) in [7, 11) is 3.12. The van der Waals surface area contributed by atoms with Gasteiger partial charge >= 0.3 is 0 Å². The van der Waals surface area contributed by atoms with E-state index in [1.807, 2.05) is 30.3 Å². The molecule has 2 aromatic rings. The van der Waals surface area contributed by atoms with Crippen LogP contribution in [0.4, 0.5) is 5.69 Å². The first-order valence-electron chi connectivity index (χ1n) is 7.98. The van der Waals surface area contributed by atoms with E-state index in [2.05, 4.69) is 5.32 Å². The van der Waals surface area contributed by atoms with Crippen LogP contribution in [0.2, 0.25) is 5.02 Å². The second-order valence-electron chi connectivity index (χ2n) is 5.62. The van der Waals surface area contributed by atoms with Crippen molar-refractivity contribution in [3.63, 3.8) is 0 Å². The molecule has 2 aromatic carbocycles. The molecule has 26 heavy (non-hydrogen) atoms. The third-order valence-corrected chi connectivity index (χ3v) is 4.80. The summed E-state index contributed by atoms with van der Waals surface area (Å²) < 4.78 is 5.19. The lowest BCUT2D eigenvalue weighted by Gasteiger charge is -2.17. The summed E-state index contributed by atoms with van der Waals surface area (Å²) in [4.78, 5) is 25.8. The van der Waals surface area contributed by atoms with Gasteiger partial charge in [0.2, 0.25) is 11.8 Å². The fraction of sp³-hybridized carbons (Fsp3) is 0.263. The van der Waals surface area contributed by atoms with Crippen molar-refractivity contribution in [1.29, 1.82) is 0 Å². The van der Waals surface area contributed by atoms with Crippen LogP contribution in [0.1, 0.15) is 5.56 Å². The van der Waals surface area contributed by atoms with Crippen molar-refractivity contribution in [1.82, 2.24) is 4.90 Å². The second kappa shape index (κ2) is 10.1. The molecule has 0 aliphatic rings. The van der Waals surface area contributed by atoms with E-state index in [0.29, 0.717) is 22.2 Å². The first kappa shape index (κ1) is 20.1. The van der Waals surface area contributed by atoms with E-state index in [0.717, 1.165) is 5.75 Å². The summed E-state index contributed by atoms with van der Waals surface area (Å²) in [5.41, 5.74) is 1.64. The number of hydrogen-bond donors (Lipinski definition) is 1. The van der Waals surface area contributed by atoms with Gasteiger partial charge in [0.15, 0.2) is 0 Å². The Balaban J connectivity index is 1.80. The summed E-state index contributed by atoms with van der Waals surface area (Å²) in [5, 5.41) is 3.21. The maximum atomic E-state index is 12.2. The molecular weight excluding hydrogens is 372 g/mol. The van der Waals surface area contributed by atoms with Crippen LogP contribution in [0.25, 0.3) is 0 Å². The minimum absolute atomic E-state index is 0.0413. The number of anilines is 1. The largest absolute Gasteiger partial charge is 0.495 e. The van der Waals surface area contributed by atoms with Crippen LogP contribution < -0.4 is 10.1 Å². The molecule has 138 valence electrons. The number of hydrogen-bond acceptors (Lipinski definition) is 4. The van der Waals surface area contributed by atoms with Crippen LogP contribution in [-0.4, -0.2) is 43.2 Å². The zero-order valence-electron chi connectivity index (χ0n) is 14.7. The molecule has 0 aliphatic heterocycles. The molecule has 7 heteroatoms. The van der Waals surface area contributed by atoms with Gasteiger partial charge in [0.1, 0.15) is 5.75 Å². The predicted molar refractivity (Wildman–Crippen MR) is 107 cm³/mol. The minimum Gasteiger partial charge on any atom is -0.495 e. The Morgan fingerprint density at radius 3 is 2.62 bits per heavy atom. The summed E-state index contributed by atoms with van der Waals surface area (Å²) in [5.74, 6) is 1.18. The van der Waals surface area contributed by atoms with Crippen molar-refractivity contribution in [2.45, 2.75) is 5.75 Å². The molecule has 0 aliphatic carbocycles. The Hall–Kier alpha value is -2.18. The van der Waals surface area contributed by atoms with E-state index in [-0.39, 0.29) is 18.4 Å². The highest BCUT2D eigenvalue weighted by atomic mass is 35.5. The van der Waals surface area contributed by atoms with Crippen molar-refractivity contribution in [2.24, 2.45) is 0 Å². The molecule has 0 aromatic heterocycles. The fourth-order valence-electron chi connectivity index (χ4n) is 2.21. The number of thioether (sulfide) groups is 1. The monoisotopic (exact) mass is 392 g/mol. The molecule has 0 atom stereocenters. The van der Waals surface area contributed by atoms with Gasteiger partial charge in [-0.15, -0.1) is 11.8 Å². The van der Waals surface area contributed by atoms with Gasteiger partial charge in [0.05, 0.1) is 25.1 Å². The van der Waals surface area contributed by atoms with Gasteiger partial charge in [0, 0.05) is 17.8 Å². The molecule has 1 N–H and O–H groups in total. The first-order valence-corrected chi connectivity index (χ1v) is 9.52. The van der Waals surface area contributed by atoms with Crippen molar-refractivity contribution >= 4 is 40.9 Å². The molecule has 0 saturated heterocycles. The average Bonchev–Trinajstić information content (AvgIpc) is 2.62. The Morgan fingerprint density at radius 1 is 1.19 bits per heavy atom. The van der Waals surface area contributed by atoms with Crippen molar-refractivity contribution in [2.75, 3.05) is 31.8 Å². The van der Waals surface area contributed by atoms with Gasteiger partial charge in [-0.1, -0.05) is 41.9 Å². The number of methoxy groups -OCH3 is 1. The molecule has 2 rings (SSSR count). The van der Waals surface area contributed by atoms with Gasteiger partial charge in [0.25, 0.3) is 0 Å². The predicted octanol–water partition coefficient (Wildman–Crippen LogP) is 3.68. The molecule has 0 fully saturated rings. The van der Waals surface area contributed by atoms with E-state index >= 15 is 0 Å². The Morgan fingerprint density at radius 2 is 1.92 bits per heavy atom. The summed E-state index contributed by atoms with van der Waals surface area (Å²) in [6, 6.07) is 14.9. The molecule has 2 amide bonds. The fourth-order valence-corrected chi connectivity index (χ4v) is 3.31. The van der Waals surface area contributed by atoms with Crippen molar-refractivity contribution in [3.8, 4) is 5.75 Å². The zero-order valence-corrected chi connectivity index (χ0v) is 16.3. The lowest BCUT2D eigenvalue weighted by molar-refractivity contribution is -0.131. The second-order valence-corrected chi connectivity index (χ2v) is 7.04. The first-order chi connectivity index (χ1) is 12.5. The number of nitrogens with zero attached hydrogens (tertiary/aromatic N) is 1. The molecule has 5 nitrogen and oxygen atoms in total. The zero-order chi connectivity index (χ0) is 18.9. The van der Waals surface area contributed by atoms with Crippen LogP contribution in [0, 0.1) is 0 Å². The van der Waals surface area contributed by atoms with E-state index in [1.165, 1.54) is 29.3 Å². The summed E-state index contributed by atoms with van der Waals surface area (Å²) >= 11 is 7.47. The molecule has 0 unspecified atom stereocenters. The maximum absolute atomic E-state index is 12.2. The number of carbonyl (C=O) groups excluding carboxylic acids is 2. The van der Waals surface area contributed by atoms with Crippen LogP contribution in [0.3, 0.4) is 0 Å². The van der Waals surface area contributed by atoms with Crippen LogP contribution >= 0.6 is 23.4 Å². The van der Waals surface area contributed by atoms with Crippen molar-refractivity contribution in [3.05, 3.63) is 59.1 Å². The lowest BCUT2D eigenvalue weighted by atomic mass is 10.2. The summed E-state index contributed by atoms with van der Waals surface area (Å²) in [6.07, 6.45) is 0. The molecule has 0 heterocycles. The van der Waals surface area contributed by atoms with Crippen LogP contribution in [0.15, 0.2) is 48.5 Å². The van der Waals surface area contributed by atoms with Gasteiger partial charge in [-0.05, 0) is 23.8 Å². The number of nitrogens with one attached hydrogen (secondary N) is 1. The smallest absolute Gasteiger partial charge is 0.244 e. The molecule has 0 spiro atoms. The topological polar surface area (TPSA) is 58.6 Å². The maximum Gasteiger partial charge on any atom is 0.244 e. The summed E-state index contributed by atoms with van der Waals surface area (Å²) in [6.45, 7) is -0.0413. The SMILES string of the molecule is COc1ccc(Cl)cc1NC(=O)CN(C)C(=O)CSCc1ccccc1. The number of rotatable bonds is 8. The van der Waals surface area contributed by atoms with Gasteiger partial charge < -0.3 is 15.0 Å². The highest BCUT2D eigenvalue weighted by Crippen LogP contribution is 2.27. The normalized spacial score (nSPS) is 10.3. The van der Waals surface area contributed by atoms with E-state index in [9.17, 15) is 9.59 Å². The highest BCUT2D eigenvalue weighted by Gasteiger charge is 2.15. The van der Waals surface area contributed by atoms with Crippen LogP contribution in [-0.2, 0) is 15.3 Å². The minimum atomic E-state index is -0.311. The number of amides is 2. The Labute approximate surface area is 162 Å². The van der Waals surface area contributed by atoms with Crippen LogP contribution in [0.5, 0.6) is 5.75 Å². The molecule has 0 radical (unpaired) electrons. The third kappa shape index (κ3) is 6.28. The Bertz CT molecular complexity index is 756. The Kier molecular flexibility index (Phi) is 7.81. The number of likely N-dealkylation sites (N-methyl/N-ethyl adjacent to an activating group) is 1. The van der Waals surface area contributed by atoms with Gasteiger partial charge in [-0.3, -0.25) is 9.59 Å². The van der Waals surface area contributed by atoms with Gasteiger partial charge in [-0.25, -0.2) is 0 Å². The lowest BCUT2D eigenvalue weighted by Crippen LogP contribution is -2.36. The van der Waals surface area contributed by atoms with Gasteiger partial charge in [-0.2, -0.15) is 0 Å². The van der Waals surface area contributed by atoms with E-state index in [1.54, 1.807) is 25.2 Å². The number of carbonyl (C=O) groups is 2. The molecule has 0 saturated carbocycles. The van der Waals surface area contributed by atoms with E-state index < -0.39 is 0 Å². The average molecular weight is 393 g/mol. The number of ether oxygens (including phenoxy) is 1. The standard InChI is InChI=1S/C19H21ClN2O3S/c1-22(19(24)13-26-12-14-6-4-3-5-7-14)11-18(23)21-16-10-15(20)8-9-17(16)25-2/h3-10H,11-13H2,1-2H3,(H,21,23). The highest BCUT2D eigenvalue weighted by molar-refractivity contribution is 7.99. The van der Waals surface area contributed by atoms with E-state index in [4.69, 9.17) is 16.3 Å². The van der Waals surface area contributed by atoms with Crippen molar-refractivity contribution < 1.29 is 14.3 Å². The number of halogens is 1. The molecule has 0 bridgehead atoms.